The van der Waals surface area contributed by atoms with Crippen LogP contribution in [0.15, 0.2) is 6.07 Å². The predicted molar refractivity (Wildman–Crippen MR) is 58.1 cm³/mol. The monoisotopic (exact) mass is 226 g/mol. The molecule has 3 heteroatoms. The molecule has 0 saturated heterocycles. The van der Waals surface area contributed by atoms with E-state index in [1.165, 1.54) is 6.07 Å². The van der Waals surface area contributed by atoms with E-state index in [4.69, 9.17) is 11.6 Å². The van der Waals surface area contributed by atoms with E-state index in [2.05, 4.69) is 0 Å². The first-order chi connectivity index (χ1) is 6.84. The third-order valence-corrected chi connectivity index (χ3v) is 3.33. The Bertz CT molecular complexity index is 463. The molecule has 0 amide bonds. The third kappa shape index (κ3) is 1.39. The number of carbonyl (C=O) groups is 1. The normalized spacial score (nSPS) is 18.1. The van der Waals surface area contributed by atoms with E-state index in [0.717, 1.165) is 5.56 Å². The zero-order valence-electron chi connectivity index (χ0n) is 8.95. The average Bonchev–Trinajstić information content (AvgIpc) is 2.32. The third-order valence-electron chi connectivity index (χ3n) is 3.03. The highest BCUT2D eigenvalue weighted by Gasteiger charge is 2.39. The Morgan fingerprint density at radius 2 is 2.07 bits per heavy atom. The summed E-state index contributed by atoms with van der Waals surface area (Å²) in [7, 11) is 0. The van der Waals surface area contributed by atoms with Crippen LogP contribution in [0, 0.1) is 12.7 Å². The van der Waals surface area contributed by atoms with E-state index in [9.17, 15) is 9.18 Å². The van der Waals surface area contributed by atoms with Gasteiger partial charge in [-0.3, -0.25) is 4.79 Å². The molecule has 0 radical (unpaired) electrons. The van der Waals surface area contributed by atoms with Crippen molar-refractivity contribution >= 4 is 17.4 Å². The van der Waals surface area contributed by atoms with Crippen molar-refractivity contribution in [1.82, 2.24) is 0 Å². The van der Waals surface area contributed by atoms with Gasteiger partial charge in [0, 0.05) is 17.0 Å². The highest BCUT2D eigenvalue weighted by molar-refractivity contribution is 6.32. The van der Waals surface area contributed by atoms with Crippen LogP contribution in [-0.4, -0.2) is 5.78 Å². The van der Waals surface area contributed by atoms with E-state index in [1.807, 2.05) is 13.8 Å². The largest absolute Gasteiger partial charge is 0.294 e. The van der Waals surface area contributed by atoms with E-state index >= 15 is 0 Å². The maximum atomic E-state index is 13.4. The zero-order chi connectivity index (χ0) is 11.4. The Morgan fingerprint density at radius 1 is 1.47 bits per heavy atom. The second kappa shape index (κ2) is 3.05. The van der Waals surface area contributed by atoms with Crippen LogP contribution in [0.3, 0.4) is 0 Å². The van der Waals surface area contributed by atoms with E-state index in [1.54, 1.807) is 6.92 Å². The van der Waals surface area contributed by atoms with Crippen LogP contribution in [0.4, 0.5) is 4.39 Å². The Morgan fingerprint density at radius 3 is 2.67 bits per heavy atom. The number of fused-ring (bicyclic) bond motifs is 1. The van der Waals surface area contributed by atoms with E-state index in [0.29, 0.717) is 22.6 Å². The first-order valence-corrected chi connectivity index (χ1v) is 5.24. The second-order valence-electron chi connectivity index (χ2n) is 4.70. The number of halogens is 2. The first kappa shape index (κ1) is 10.6. The van der Waals surface area contributed by atoms with Crippen molar-refractivity contribution in [3.63, 3.8) is 0 Å². The molecule has 0 atom stereocenters. The Balaban J connectivity index is 2.84. The summed E-state index contributed by atoms with van der Waals surface area (Å²) in [5, 5.41) is 0.365. The quantitative estimate of drug-likeness (QED) is 0.660. The van der Waals surface area contributed by atoms with Gasteiger partial charge in [0.1, 0.15) is 5.82 Å². The minimum atomic E-state index is -0.398. The minimum absolute atomic E-state index is 0.00565. The molecule has 80 valence electrons. The van der Waals surface area contributed by atoms with Crippen LogP contribution < -0.4 is 0 Å². The first-order valence-electron chi connectivity index (χ1n) is 4.87. The Hall–Kier alpha value is -0.890. The van der Waals surface area contributed by atoms with Crippen LogP contribution in [-0.2, 0) is 5.41 Å². The van der Waals surface area contributed by atoms with Crippen molar-refractivity contribution in [1.29, 1.82) is 0 Å². The van der Waals surface area contributed by atoms with Crippen molar-refractivity contribution in [2.75, 3.05) is 0 Å². The number of hydrogen-bond acceptors (Lipinski definition) is 1. The van der Waals surface area contributed by atoms with Crippen molar-refractivity contribution in [2.24, 2.45) is 0 Å². The molecule has 0 heterocycles. The van der Waals surface area contributed by atoms with Gasteiger partial charge < -0.3 is 0 Å². The van der Waals surface area contributed by atoms with Gasteiger partial charge in [0.25, 0.3) is 0 Å². The fourth-order valence-electron chi connectivity index (χ4n) is 2.31. The molecule has 15 heavy (non-hydrogen) atoms. The summed E-state index contributed by atoms with van der Waals surface area (Å²) in [5.74, 6) is -0.404. The van der Waals surface area contributed by atoms with Crippen molar-refractivity contribution in [3.05, 3.63) is 33.6 Å². The van der Waals surface area contributed by atoms with Gasteiger partial charge in [-0.2, -0.15) is 0 Å². The number of carbonyl (C=O) groups excluding carboxylic acids is 1. The summed E-state index contributed by atoms with van der Waals surface area (Å²) < 4.78 is 13.4. The number of Topliss-reactive ketones (excluding diaryl/α,β-unsaturated/α-hetero) is 1. The highest BCUT2D eigenvalue weighted by atomic mass is 35.5. The lowest BCUT2D eigenvalue weighted by Crippen LogP contribution is -2.13. The van der Waals surface area contributed by atoms with Crippen LogP contribution in [0.1, 0.15) is 41.8 Å². The fourth-order valence-corrected chi connectivity index (χ4v) is 2.75. The summed E-state index contributed by atoms with van der Waals surface area (Å²) in [6, 6.07) is 1.30. The summed E-state index contributed by atoms with van der Waals surface area (Å²) in [6.07, 6.45) is 0.409. The standard InChI is InChI=1S/C12H12ClFO/c1-6-8(14)4-7(13)11-10(6)9(15)5-12(11,2)3/h4H,5H2,1-3H3. The van der Waals surface area contributed by atoms with Gasteiger partial charge in [-0.1, -0.05) is 25.4 Å². The van der Waals surface area contributed by atoms with Gasteiger partial charge in [0.05, 0.1) is 0 Å². The molecule has 0 unspecified atom stereocenters. The molecule has 0 fully saturated rings. The lowest BCUT2D eigenvalue weighted by Gasteiger charge is -2.19. The molecular formula is C12H12ClFO. The number of benzene rings is 1. The average molecular weight is 227 g/mol. The molecular weight excluding hydrogens is 215 g/mol. The Kier molecular flexibility index (Phi) is 2.16. The summed E-state index contributed by atoms with van der Waals surface area (Å²) in [6.45, 7) is 5.55. The zero-order valence-corrected chi connectivity index (χ0v) is 9.70. The smallest absolute Gasteiger partial charge is 0.164 e. The van der Waals surface area contributed by atoms with Crippen molar-refractivity contribution in [2.45, 2.75) is 32.6 Å². The maximum absolute atomic E-state index is 13.4. The molecule has 1 aliphatic carbocycles. The molecule has 0 spiro atoms. The van der Waals surface area contributed by atoms with Crippen LogP contribution in [0.25, 0.3) is 0 Å². The van der Waals surface area contributed by atoms with Gasteiger partial charge in [-0.15, -0.1) is 0 Å². The molecule has 2 rings (SSSR count). The van der Waals surface area contributed by atoms with Gasteiger partial charge in [-0.05, 0) is 29.5 Å². The molecule has 0 saturated carbocycles. The number of ketones is 1. The number of hydrogen-bond donors (Lipinski definition) is 0. The summed E-state index contributed by atoms with van der Waals surface area (Å²) in [5.41, 5.74) is 1.44. The molecule has 1 aromatic rings. The topological polar surface area (TPSA) is 17.1 Å². The molecule has 1 nitrogen and oxygen atoms in total. The van der Waals surface area contributed by atoms with Gasteiger partial charge in [0.2, 0.25) is 0 Å². The van der Waals surface area contributed by atoms with E-state index < -0.39 is 5.82 Å². The van der Waals surface area contributed by atoms with Crippen molar-refractivity contribution < 1.29 is 9.18 Å². The molecule has 0 aromatic heterocycles. The van der Waals surface area contributed by atoms with Gasteiger partial charge in [-0.25, -0.2) is 4.39 Å². The lowest BCUT2D eigenvalue weighted by molar-refractivity contribution is 0.0978. The highest BCUT2D eigenvalue weighted by Crippen LogP contribution is 2.44. The molecule has 0 N–H and O–H groups in total. The van der Waals surface area contributed by atoms with Gasteiger partial charge in [0.15, 0.2) is 5.78 Å². The fraction of sp³-hybridized carbons (Fsp3) is 0.417. The predicted octanol–water partition coefficient (Wildman–Crippen LogP) is 3.65. The minimum Gasteiger partial charge on any atom is -0.294 e. The number of rotatable bonds is 0. The maximum Gasteiger partial charge on any atom is 0.164 e. The molecule has 0 bridgehead atoms. The summed E-state index contributed by atoms with van der Waals surface area (Å²) >= 11 is 6.00. The van der Waals surface area contributed by atoms with Crippen molar-refractivity contribution in [3.8, 4) is 0 Å². The molecule has 1 aliphatic rings. The van der Waals surface area contributed by atoms with Crippen LogP contribution >= 0.6 is 11.6 Å². The summed E-state index contributed by atoms with van der Waals surface area (Å²) in [4.78, 5) is 11.8. The molecule has 0 aliphatic heterocycles. The van der Waals surface area contributed by atoms with Crippen LogP contribution in [0.5, 0.6) is 0 Å². The second-order valence-corrected chi connectivity index (χ2v) is 5.11. The van der Waals surface area contributed by atoms with Gasteiger partial charge >= 0.3 is 0 Å². The Labute approximate surface area is 93.2 Å². The lowest BCUT2D eigenvalue weighted by atomic mass is 9.86. The molecule has 1 aromatic carbocycles. The van der Waals surface area contributed by atoms with Crippen LogP contribution in [0.2, 0.25) is 5.02 Å². The van der Waals surface area contributed by atoms with E-state index in [-0.39, 0.29) is 11.2 Å². The SMILES string of the molecule is Cc1c(F)cc(Cl)c2c1C(=O)CC2(C)C.